The zero-order chi connectivity index (χ0) is 14.7. The van der Waals surface area contributed by atoms with Gasteiger partial charge in [-0.3, -0.25) is 0 Å². The van der Waals surface area contributed by atoms with E-state index in [1.165, 1.54) is 44.9 Å². The molecule has 0 nitrogen and oxygen atoms in total. The third-order valence-corrected chi connectivity index (χ3v) is 5.10. The summed E-state index contributed by atoms with van der Waals surface area (Å²) in [5.74, 6) is 0.807. The molecule has 0 saturated heterocycles. The van der Waals surface area contributed by atoms with E-state index in [2.05, 4.69) is 19.9 Å². The quantitative estimate of drug-likeness (QED) is 0.490. The summed E-state index contributed by atoms with van der Waals surface area (Å²) in [6, 6.07) is 0. The van der Waals surface area contributed by atoms with Crippen LogP contribution in [0.15, 0.2) is 58.2 Å². The second-order valence-corrected chi connectivity index (χ2v) is 6.74. The summed E-state index contributed by atoms with van der Waals surface area (Å²) in [5, 5.41) is 0. The molecular weight excluding hydrogens is 311 g/mol. The summed E-state index contributed by atoms with van der Waals surface area (Å²) in [6.45, 7) is 4.58. The van der Waals surface area contributed by atoms with Crippen LogP contribution in [-0.4, -0.2) is 0 Å². The first-order chi connectivity index (χ1) is 10.3. The summed E-state index contributed by atoms with van der Waals surface area (Å²) in [5.41, 5.74) is 8.50. The zero-order valence-electron chi connectivity index (χ0n) is 13.8. The maximum atomic E-state index is 2.54. The molecule has 2 saturated carbocycles. The SMILES string of the molecule is CC(C)=C1C=C2CCCCC2=C2CCCC12.[CH]1C=CC=C1.[Co]. The predicted molar refractivity (Wildman–Crippen MR) is 91.9 cm³/mol. The van der Waals surface area contributed by atoms with Crippen LogP contribution in [0.5, 0.6) is 0 Å². The Morgan fingerprint density at radius 1 is 0.909 bits per heavy atom. The van der Waals surface area contributed by atoms with Crippen molar-refractivity contribution in [1.29, 1.82) is 0 Å². The molecule has 0 aliphatic heterocycles. The van der Waals surface area contributed by atoms with Crippen molar-refractivity contribution in [3.63, 3.8) is 0 Å². The van der Waals surface area contributed by atoms with Crippen molar-refractivity contribution in [2.75, 3.05) is 0 Å². The molecule has 0 spiro atoms. The van der Waals surface area contributed by atoms with Crippen molar-refractivity contribution < 1.29 is 16.8 Å². The van der Waals surface area contributed by atoms with Crippen LogP contribution < -0.4 is 0 Å². The van der Waals surface area contributed by atoms with Gasteiger partial charge in [0.05, 0.1) is 0 Å². The van der Waals surface area contributed by atoms with E-state index in [9.17, 15) is 0 Å². The van der Waals surface area contributed by atoms with Crippen LogP contribution in [0, 0.1) is 12.3 Å². The van der Waals surface area contributed by atoms with Gasteiger partial charge in [-0.05, 0) is 75.5 Å². The van der Waals surface area contributed by atoms with Gasteiger partial charge < -0.3 is 0 Å². The molecule has 0 bridgehead atoms. The van der Waals surface area contributed by atoms with E-state index < -0.39 is 0 Å². The first kappa shape index (κ1) is 17.6. The average Bonchev–Trinajstić information content (AvgIpc) is 3.20. The van der Waals surface area contributed by atoms with Gasteiger partial charge in [-0.25, -0.2) is 0 Å². The summed E-state index contributed by atoms with van der Waals surface area (Å²) < 4.78 is 0. The zero-order valence-corrected chi connectivity index (χ0v) is 14.9. The average molecular weight is 338 g/mol. The normalized spacial score (nSPS) is 24.9. The number of hydrogen-bond donors (Lipinski definition) is 0. The van der Waals surface area contributed by atoms with E-state index >= 15 is 0 Å². The van der Waals surface area contributed by atoms with Crippen molar-refractivity contribution in [3.8, 4) is 0 Å². The van der Waals surface area contributed by atoms with Crippen LogP contribution >= 0.6 is 0 Å². The summed E-state index contributed by atoms with van der Waals surface area (Å²) in [7, 11) is 0. The van der Waals surface area contributed by atoms with Crippen molar-refractivity contribution in [2.45, 2.75) is 58.8 Å². The second-order valence-electron chi connectivity index (χ2n) is 6.74. The first-order valence-corrected chi connectivity index (χ1v) is 8.54. The third-order valence-electron chi connectivity index (χ3n) is 5.10. The Hall–Kier alpha value is -0.794. The first-order valence-electron chi connectivity index (χ1n) is 8.54. The molecular formula is C21H27Co. The molecule has 2 fully saturated rings. The maximum absolute atomic E-state index is 2.54. The minimum Gasteiger partial charge on any atom is -0.0767 e. The Kier molecular flexibility index (Phi) is 6.52. The Morgan fingerprint density at radius 2 is 1.64 bits per heavy atom. The van der Waals surface area contributed by atoms with Crippen LogP contribution in [0.4, 0.5) is 0 Å². The van der Waals surface area contributed by atoms with E-state index in [4.69, 9.17) is 0 Å². The minimum absolute atomic E-state index is 0. The van der Waals surface area contributed by atoms with E-state index in [-0.39, 0.29) is 16.8 Å². The predicted octanol–water partition coefficient (Wildman–Crippen LogP) is 6.25. The molecule has 0 aromatic rings. The monoisotopic (exact) mass is 338 g/mol. The Balaban J connectivity index is 0.000000253. The Morgan fingerprint density at radius 3 is 2.27 bits per heavy atom. The standard InChI is InChI=1S/C16H22.C5H5.Co/c1-11(2)16-10-12-6-3-4-7-13(12)14-8-5-9-15(14)16;1-2-4-5-3-1;/h10,15H,3-9H2,1-2H3;1-5H;. The van der Waals surface area contributed by atoms with E-state index in [1.54, 1.807) is 22.3 Å². The molecule has 120 valence electrons. The van der Waals surface area contributed by atoms with E-state index in [1.807, 2.05) is 36.3 Å². The van der Waals surface area contributed by atoms with Crippen LogP contribution in [0.2, 0.25) is 0 Å². The van der Waals surface area contributed by atoms with Crippen LogP contribution in [0.3, 0.4) is 0 Å². The fourth-order valence-corrected chi connectivity index (χ4v) is 4.11. The van der Waals surface area contributed by atoms with Gasteiger partial charge in [0.1, 0.15) is 0 Å². The number of rotatable bonds is 0. The largest absolute Gasteiger partial charge is 0.0767 e. The van der Waals surface area contributed by atoms with Gasteiger partial charge in [-0.15, -0.1) is 0 Å². The summed E-state index contributed by atoms with van der Waals surface area (Å²) in [4.78, 5) is 0. The maximum Gasteiger partial charge on any atom is 0.00536 e. The van der Waals surface area contributed by atoms with Crippen molar-refractivity contribution >= 4 is 0 Å². The molecule has 1 unspecified atom stereocenters. The molecule has 1 heteroatoms. The van der Waals surface area contributed by atoms with Crippen molar-refractivity contribution in [3.05, 3.63) is 64.7 Å². The van der Waals surface area contributed by atoms with Crippen LogP contribution in [-0.2, 0) is 16.8 Å². The van der Waals surface area contributed by atoms with E-state index in [0.29, 0.717) is 0 Å². The smallest absolute Gasteiger partial charge is 0.00536 e. The Labute approximate surface area is 146 Å². The summed E-state index contributed by atoms with van der Waals surface area (Å²) >= 11 is 0. The number of allylic oxidation sites excluding steroid dienone is 10. The van der Waals surface area contributed by atoms with Gasteiger partial charge in [0.25, 0.3) is 0 Å². The van der Waals surface area contributed by atoms with Gasteiger partial charge >= 0.3 is 0 Å². The van der Waals surface area contributed by atoms with Gasteiger partial charge in [0.2, 0.25) is 0 Å². The van der Waals surface area contributed by atoms with Crippen LogP contribution in [0.25, 0.3) is 0 Å². The molecule has 0 amide bonds. The number of hydrogen-bond acceptors (Lipinski definition) is 0. The third kappa shape index (κ3) is 3.75. The minimum atomic E-state index is 0. The second kappa shape index (κ2) is 8.17. The molecule has 0 heterocycles. The molecule has 0 aromatic heterocycles. The fraction of sp³-hybridized carbons (Fsp3) is 0.476. The van der Waals surface area contributed by atoms with Crippen molar-refractivity contribution in [1.82, 2.24) is 0 Å². The van der Waals surface area contributed by atoms with Gasteiger partial charge in [0.15, 0.2) is 0 Å². The molecule has 4 aliphatic rings. The molecule has 4 rings (SSSR count). The Bertz CT molecular complexity index is 540. The molecule has 0 N–H and O–H groups in total. The molecule has 2 radical (unpaired) electrons. The molecule has 0 aromatic carbocycles. The van der Waals surface area contributed by atoms with Gasteiger partial charge in [-0.1, -0.05) is 41.5 Å². The fourth-order valence-electron chi connectivity index (χ4n) is 4.11. The topological polar surface area (TPSA) is 0 Å². The van der Waals surface area contributed by atoms with E-state index in [0.717, 1.165) is 5.92 Å². The number of fused-ring (bicyclic) bond motifs is 2. The van der Waals surface area contributed by atoms with Gasteiger partial charge in [0, 0.05) is 29.1 Å². The molecule has 4 aliphatic carbocycles. The summed E-state index contributed by atoms with van der Waals surface area (Å²) in [6.07, 6.45) is 22.3. The van der Waals surface area contributed by atoms with Gasteiger partial charge in [-0.2, -0.15) is 0 Å². The molecule has 1 atom stereocenters. The van der Waals surface area contributed by atoms with Crippen LogP contribution in [0.1, 0.15) is 58.8 Å². The molecule has 22 heavy (non-hydrogen) atoms. The van der Waals surface area contributed by atoms with Crippen molar-refractivity contribution in [2.24, 2.45) is 5.92 Å².